The van der Waals surface area contributed by atoms with Crippen LogP contribution in [0.4, 0.5) is 0 Å². The van der Waals surface area contributed by atoms with E-state index in [1.165, 1.54) is 6.92 Å². The lowest BCUT2D eigenvalue weighted by Crippen LogP contribution is -2.06. The maximum Gasteiger partial charge on any atom is 0.163 e. The second-order valence-electron chi connectivity index (χ2n) is 4.67. The molecule has 0 amide bonds. The summed E-state index contributed by atoms with van der Waals surface area (Å²) in [7, 11) is 1.83. The molecule has 1 aromatic carbocycles. The van der Waals surface area contributed by atoms with Crippen LogP contribution in [0.1, 0.15) is 35.6 Å². The van der Waals surface area contributed by atoms with Gasteiger partial charge in [0.25, 0.3) is 0 Å². The van der Waals surface area contributed by atoms with Crippen molar-refractivity contribution in [2.24, 2.45) is 7.05 Å². The highest BCUT2D eigenvalue weighted by molar-refractivity contribution is 9.10. The number of Topliss-reactive ketones (excluding diaryl/α,β-unsaturated/α-hetero) is 1. The van der Waals surface area contributed by atoms with Crippen LogP contribution in [-0.2, 0) is 20.1 Å². The first-order valence-corrected chi connectivity index (χ1v) is 7.74. The summed E-state index contributed by atoms with van der Waals surface area (Å²) < 4.78 is 8.33. The molecule has 21 heavy (non-hydrogen) atoms. The zero-order valence-corrected chi connectivity index (χ0v) is 14.5. The Morgan fingerprint density at radius 2 is 2.19 bits per heavy atom. The molecular weight excluding hydrogens is 356 g/mol. The zero-order chi connectivity index (χ0) is 15.6. The van der Waals surface area contributed by atoms with Gasteiger partial charge in [-0.05, 0) is 31.5 Å². The quantitative estimate of drug-likeness (QED) is 0.741. The van der Waals surface area contributed by atoms with E-state index in [0.717, 1.165) is 22.3 Å². The minimum atomic E-state index is -0.0448. The van der Waals surface area contributed by atoms with Crippen LogP contribution < -0.4 is 4.74 Å². The third-order valence-electron chi connectivity index (χ3n) is 3.19. The Kier molecular flexibility index (Phi) is 5.06. The summed E-state index contributed by atoms with van der Waals surface area (Å²) in [5.74, 6) is 0.498. The number of ketones is 1. The number of nitrogens with zero attached hydrogens (tertiary/aromatic N) is 2. The summed E-state index contributed by atoms with van der Waals surface area (Å²) in [5.41, 5.74) is 2.18. The second-order valence-corrected chi connectivity index (χ2v) is 5.96. The van der Waals surface area contributed by atoms with Gasteiger partial charge in [0, 0.05) is 11.5 Å². The Labute approximate surface area is 137 Å². The van der Waals surface area contributed by atoms with Crippen molar-refractivity contribution in [3.8, 4) is 5.75 Å². The number of carbonyl (C=O) groups is 1. The van der Waals surface area contributed by atoms with Crippen LogP contribution in [0.5, 0.6) is 5.75 Å². The number of aryl methyl sites for hydroxylation is 2. The molecule has 0 saturated heterocycles. The van der Waals surface area contributed by atoms with Crippen molar-refractivity contribution in [3.63, 3.8) is 0 Å². The number of rotatable bonds is 5. The van der Waals surface area contributed by atoms with Gasteiger partial charge in [-0.25, -0.2) is 0 Å². The van der Waals surface area contributed by atoms with E-state index in [4.69, 9.17) is 16.3 Å². The number of halogens is 2. The Morgan fingerprint density at radius 3 is 2.76 bits per heavy atom. The molecule has 2 aromatic rings. The molecule has 0 radical (unpaired) electrons. The summed E-state index contributed by atoms with van der Waals surface area (Å²) in [4.78, 5) is 11.7. The molecule has 2 rings (SSSR count). The largest absolute Gasteiger partial charge is 0.486 e. The van der Waals surface area contributed by atoms with Gasteiger partial charge in [0.15, 0.2) is 5.78 Å². The van der Waals surface area contributed by atoms with E-state index in [-0.39, 0.29) is 12.4 Å². The van der Waals surface area contributed by atoms with Crippen molar-refractivity contribution in [1.29, 1.82) is 0 Å². The fraction of sp³-hybridized carbons (Fsp3) is 0.333. The molecule has 0 spiro atoms. The average molecular weight is 372 g/mol. The summed E-state index contributed by atoms with van der Waals surface area (Å²) in [6, 6.07) is 5.36. The van der Waals surface area contributed by atoms with Crippen molar-refractivity contribution < 1.29 is 9.53 Å². The van der Waals surface area contributed by atoms with Gasteiger partial charge in [-0.1, -0.05) is 34.5 Å². The van der Waals surface area contributed by atoms with Crippen molar-refractivity contribution in [2.75, 3.05) is 0 Å². The van der Waals surface area contributed by atoms with Gasteiger partial charge < -0.3 is 4.74 Å². The first-order chi connectivity index (χ1) is 9.93. The van der Waals surface area contributed by atoms with Crippen LogP contribution in [0.25, 0.3) is 0 Å². The molecule has 0 bridgehead atoms. The van der Waals surface area contributed by atoms with Crippen LogP contribution in [0.15, 0.2) is 22.7 Å². The number of hydrogen-bond donors (Lipinski definition) is 0. The Bertz CT molecular complexity index is 683. The number of benzene rings is 1. The van der Waals surface area contributed by atoms with Crippen LogP contribution >= 0.6 is 27.5 Å². The maximum atomic E-state index is 11.7. The number of aromatic nitrogens is 2. The van der Waals surface area contributed by atoms with Crippen molar-refractivity contribution in [3.05, 3.63) is 44.6 Å². The molecule has 0 N–H and O–H groups in total. The van der Waals surface area contributed by atoms with E-state index in [1.54, 1.807) is 16.8 Å². The van der Waals surface area contributed by atoms with Crippen LogP contribution in [0.2, 0.25) is 5.02 Å². The maximum absolute atomic E-state index is 11.7. The summed E-state index contributed by atoms with van der Waals surface area (Å²) in [6.45, 7) is 3.78. The van der Waals surface area contributed by atoms with Gasteiger partial charge in [-0.15, -0.1) is 0 Å². The van der Waals surface area contributed by atoms with Gasteiger partial charge in [-0.3, -0.25) is 9.48 Å². The van der Waals surface area contributed by atoms with Crippen molar-refractivity contribution in [2.45, 2.75) is 26.9 Å². The molecule has 6 heteroatoms. The number of ether oxygens (including phenoxy) is 1. The summed E-state index contributed by atoms with van der Waals surface area (Å²) >= 11 is 9.64. The number of hydrogen-bond acceptors (Lipinski definition) is 3. The molecule has 0 unspecified atom stereocenters. The standard InChI is InChI=1S/C15H16BrClN2O2/c1-4-12-15(17)13(19(3)18-12)8-21-14-6-5-10(16)7-11(14)9(2)20/h5-7H,4,8H2,1-3H3. The van der Waals surface area contributed by atoms with Crippen molar-refractivity contribution >= 4 is 33.3 Å². The molecule has 1 heterocycles. The Hall–Kier alpha value is -1.33. The Balaban J connectivity index is 2.25. The normalized spacial score (nSPS) is 10.7. The Morgan fingerprint density at radius 1 is 1.48 bits per heavy atom. The van der Waals surface area contributed by atoms with Crippen LogP contribution in [-0.4, -0.2) is 15.6 Å². The smallest absolute Gasteiger partial charge is 0.163 e. The molecule has 0 aliphatic rings. The highest BCUT2D eigenvalue weighted by atomic mass is 79.9. The van der Waals surface area contributed by atoms with Gasteiger partial charge in [0.2, 0.25) is 0 Å². The van der Waals surface area contributed by atoms with Crippen molar-refractivity contribution in [1.82, 2.24) is 9.78 Å². The summed E-state index contributed by atoms with van der Waals surface area (Å²) in [6.07, 6.45) is 0.768. The van der Waals surface area contributed by atoms with E-state index in [1.807, 2.05) is 20.0 Å². The van der Waals surface area contributed by atoms with Gasteiger partial charge in [-0.2, -0.15) is 5.10 Å². The lowest BCUT2D eigenvalue weighted by molar-refractivity contribution is 0.101. The predicted molar refractivity (Wildman–Crippen MR) is 86.1 cm³/mol. The molecule has 4 nitrogen and oxygen atoms in total. The first-order valence-electron chi connectivity index (χ1n) is 6.57. The van der Waals surface area contributed by atoms with E-state index in [2.05, 4.69) is 21.0 Å². The van der Waals surface area contributed by atoms with Crippen LogP contribution in [0, 0.1) is 0 Å². The lowest BCUT2D eigenvalue weighted by Gasteiger charge is -2.10. The van der Waals surface area contributed by atoms with E-state index < -0.39 is 0 Å². The van der Waals surface area contributed by atoms with Gasteiger partial charge >= 0.3 is 0 Å². The summed E-state index contributed by atoms with van der Waals surface area (Å²) in [5, 5.41) is 4.97. The topological polar surface area (TPSA) is 44.1 Å². The fourth-order valence-electron chi connectivity index (χ4n) is 2.03. The molecular formula is C15H16BrClN2O2. The average Bonchev–Trinajstić information content (AvgIpc) is 2.72. The van der Waals surface area contributed by atoms with E-state index >= 15 is 0 Å². The second kappa shape index (κ2) is 6.62. The highest BCUT2D eigenvalue weighted by Gasteiger charge is 2.15. The minimum Gasteiger partial charge on any atom is -0.486 e. The molecule has 0 saturated carbocycles. The molecule has 0 aliphatic heterocycles. The lowest BCUT2D eigenvalue weighted by atomic mass is 10.1. The van der Waals surface area contributed by atoms with Gasteiger partial charge in [0.1, 0.15) is 12.4 Å². The molecule has 112 valence electrons. The molecule has 0 fully saturated rings. The zero-order valence-electron chi connectivity index (χ0n) is 12.1. The monoisotopic (exact) mass is 370 g/mol. The fourth-order valence-corrected chi connectivity index (χ4v) is 2.74. The first kappa shape index (κ1) is 16.0. The molecule has 0 aliphatic carbocycles. The number of carbonyl (C=O) groups excluding carboxylic acids is 1. The van der Waals surface area contributed by atoms with Crippen LogP contribution in [0.3, 0.4) is 0 Å². The van der Waals surface area contributed by atoms with Gasteiger partial charge in [0.05, 0.1) is 22.0 Å². The van der Waals surface area contributed by atoms with E-state index in [9.17, 15) is 4.79 Å². The molecule has 0 atom stereocenters. The minimum absolute atomic E-state index is 0.0448. The third kappa shape index (κ3) is 3.47. The SMILES string of the molecule is CCc1nn(C)c(COc2ccc(Br)cc2C(C)=O)c1Cl. The predicted octanol–water partition coefficient (Wildman–Crippen LogP) is 4.18. The third-order valence-corrected chi connectivity index (χ3v) is 4.12. The highest BCUT2D eigenvalue weighted by Crippen LogP contribution is 2.26. The molecule has 1 aromatic heterocycles. The van der Waals surface area contributed by atoms with E-state index in [0.29, 0.717) is 16.3 Å².